The summed E-state index contributed by atoms with van der Waals surface area (Å²) in [5.41, 5.74) is 0.447. The van der Waals surface area contributed by atoms with Gasteiger partial charge < -0.3 is 10.2 Å². The molecule has 0 bridgehead atoms. The van der Waals surface area contributed by atoms with E-state index in [1.165, 1.54) is 43.5 Å². The molecule has 1 aromatic carbocycles. The average molecular weight is 379 g/mol. The fourth-order valence-electron chi connectivity index (χ4n) is 3.88. The van der Waals surface area contributed by atoms with E-state index in [9.17, 15) is 14.0 Å². The SMILES string of the molecule is CCCNC(=O)C1CSC(C2CCCCC2)N1C(=O)c1ccc(F)cc1. The molecule has 2 atom stereocenters. The summed E-state index contributed by atoms with van der Waals surface area (Å²) in [6.07, 6.45) is 6.70. The third kappa shape index (κ3) is 4.22. The number of hydrogen-bond acceptors (Lipinski definition) is 3. The zero-order valence-electron chi connectivity index (χ0n) is 15.2. The number of carbonyl (C=O) groups excluding carboxylic acids is 2. The third-order valence-corrected chi connectivity index (χ3v) is 6.73. The van der Waals surface area contributed by atoms with Gasteiger partial charge in [-0.2, -0.15) is 0 Å². The molecule has 0 radical (unpaired) electrons. The van der Waals surface area contributed by atoms with Gasteiger partial charge in [0.15, 0.2) is 0 Å². The minimum absolute atomic E-state index is 0.0326. The Balaban J connectivity index is 1.84. The van der Waals surface area contributed by atoms with Gasteiger partial charge in [0.2, 0.25) is 5.91 Å². The van der Waals surface area contributed by atoms with Crippen LogP contribution in [0.2, 0.25) is 0 Å². The molecule has 1 aromatic rings. The van der Waals surface area contributed by atoms with Gasteiger partial charge >= 0.3 is 0 Å². The van der Waals surface area contributed by atoms with E-state index in [2.05, 4.69) is 5.32 Å². The molecule has 142 valence electrons. The van der Waals surface area contributed by atoms with Gasteiger partial charge in [-0.15, -0.1) is 11.8 Å². The minimum atomic E-state index is -0.448. The summed E-state index contributed by atoms with van der Waals surface area (Å²) in [6.45, 7) is 2.63. The molecule has 6 heteroatoms. The molecule has 0 spiro atoms. The van der Waals surface area contributed by atoms with Crippen molar-refractivity contribution in [3.8, 4) is 0 Å². The summed E-state index contributed by atoms with van der Waals surface area (Å²) in [5, 5.41) is 2.97. The Morgan fingerprint density at radius 1 is 1.19 bits per heavy atom. The lowest BCUT2D eigenvalue weighted by Crippen LogP contribution is -2.51. The van der Waals surface area contributed by atoms with Crippen molar-refractivity contribution in [2.24, 2.45) is 5.92 Å². The van der Waals surface area contributed by atoms with Gasteiger partial charge in [-0.25, -0.2) is 4.39 Å². The number of nitrogens with one attached hydrogen (secondary N) is 1. The summed E-state index contributed by atoms with van der Waals surface area (Å²) in [4.78, 5) is 27.6. The molecule has 2 aliphatic rings. The second kappa shape index (κ2) is 8.89. The van der Waals surface area contributed by atoms with Gasteiger partial charge in [-0.3, -0.25) is 9.59 Å². The van der Waals surface area contributed by atoms with Crippen molar-refractivity contribution < 1.29 is 14.0 Å². The molecule has 4 nitrogen and oxygen atoms in total. The predicted octanol–water partition coefficient (Wildman–Crippen LogP) is 3.82. The number of carbonyl (C=O) groups is 2. The molecular weight excluding hydrogens is 351 g/mol. The van der Waals surface area contributed by atoms with E-state index in [1.807, 2.05) is 6.92 Å². The molecule has 2 amide bonds. The van der Waals surface area contributed by atoms with Crippen LogP contribution in [0.25, 0.3) is 0 Å². The number of benzene rings is 1. The fourth-order valence-corrected chi connectivity index (χ4v) is 5.52. The van der Waals surface area contributed by atoms with Crippen LogP contribution >= 0.6 is 11.8 Å². The summed E-state index contributed by atoms with van der Waals surface area (Å²) in [5.74, 6) is 0.458. The van der Waals surface area contributed by atoms with Crippen LogP contribution in [-0.2, 0) is 4.79 Å². The second-order valence-electron chi connectivity index (χ2n) is 7.15. The molecule has 1 N–H and O–H groups in total. The summed E-state index contributed by atoms with van der Waals surface area (Å²) < 4.78 is 13.2. The van der Waals surface area contributed by atoms with Crippen LogP contribution in [0.4, 0.5) is 4.39 Å². The first-order valence-electron chi connectivity index (χ1n) is 9.59. The van der Waals surface area contributed by atoms with E-state index >= 15 is 0 Å². The molecule has 1 aliphatic carbocycles. The number of amides is 2. The molecule has 3 rings (SSSR count). The highest BCUT2D eigenvalue weighted by molar-refractivity contribution is 8.00. The molecule has 1 heterocycles. The Morgan fingerprint density at radius 3 is 2.54 bits per heavy atom. The van der Waals surface area contributed by atoms with Crippen molar-refractivity contribution in [1.29, 1.82) is 0 Å². The van der Waals surface area contributed by atoms with Gasteiger partial charge in [0.1, 0.15) is 11.9 Å². The minimum Gasteiger partial charge on any atom is -0.354 e. The standard InChI is InChI=1S/C20H27FN2O2S/c1-2-12-22-18(24)17-13-26-20(15-6-4-3-5-7-15)23(17)19(25)14-8-10-16(21)11-9-14/h8-11,15,17,20H,2-7,12-13H2,1H3,(H,22,24). The van der Waals surface area contributed by atoms with E-state index in [0.29, 0.717) is 23.8 Å². The number of thioether (sulfide) groups is 1. The number of hydrogen-bond donors (Lipinski definition) is 1. The molecule has 2 fully saturated rings. The maximum absolute atomic E-state index is 13.2. The maximum Gasteiger partial charge on any atom is 0.255 e. The normalized spacial score (nSPS) is 23.8. The van der Waals surface area contributed by atoms with E-state index in [1.54, 1.807) is 16.7 Å². The van der Waals surface area contributed by atoms with Gasteiger partial charge in [-0.05, 0) is 49.4 Å². The Hall–Kier alpha value is -1.56. The van der Waals surface area contributed by atoms with Gasteiger partial charge in [0.25, 0.3) is 5.91 Å². The topological polar surface area (TPSA) is 49.4 Å². The highest BCUT2D eigenvalue weighted by atomic mass is 32.2. The van der Waals surface area contributed by atoms with Crippen molar-refractivity contribution in [2.75, 3.05) is 12.3 Å². The van der Waals surface area contributed by atoms with Crippen LogP contribution < -0.4 is 5.32 Å². The van der Waals surface area contributed by atoms with Crippen LogP contribution in [0.3, 0.4) is 0 Å². The second-order valence-corrected chi connectivity index (χ2v) is 8.30. The quantitative estimate of drug-likeness (QED) is 0.847. The predicted molar refractivity (Wildman–Crippen MR) is 102 cm³/mol. The zero-order valence-corrected chi connectivity index (χ0v) is 16.1. The Labute approximate surface area is 158 Å². The molecular formula is C20H27FN2O2S. The fraction of sp³-hybridized carbons (Fsp3) is 0.600. The third-order valence-electron chi connectivity index (χ3n) is 5.27. The molecule has 0 aromatic heterocycles. The Kier molecular flexibility index (Phi) is 6.57. The first-order valence-corrected chi connectivity index (χ1v) is 10.6. The highest BCUT2D eigenvalue weighted by Crippen LogP contribution is 2.41. The Morgan fingerprint density at radius 2 is 1.88 bits per heavy atom. The smallest absolute Gasteiger partial charge is 0.255 e. The van der Waals surface area contributed by atoms with Gasteiger partial charge in [0, 0.05) is 17.9 Å². The van der Waals surface area contributed by atoms with E-state index in [4.69, 9.17) is 0 Å². The van der Waals surface area contributed by atoms with Crippen molar-refractivity contribution in [3.05, 3.63) is 35.6 Å². The Bertz CT molecular complexity index is 631. The van der Waals surface area contributed by atoms with Crippen molar-refractivity contribution in [3.63, 3.8) is 0 Å². The largest absolute Gasteiger partial charge is 0.354 e. The average Bonchev–Trinajstić information content (AvgIpc) is 3.12. The maximum atomic E-state index is 13.2. The summed E-state index contributed by atoms with van der Waals surface area (Å²) in [7, 11) is 0. The number of halogens is 1. The van der Waals surface area contributed by atoms with Crippen molar-refractivity contribution in [2.45, 2.75) is 56.9 Å². The summed E-state index contributed by atoms with van der Waals surface area (Å²) in [6, 6.07) is 5.19. The monoisotopic (exact) mass is 378 g/mol. The van der Waals surface area contributed by atoms with Crippen LogP contribution in [0, 0.1) is 11.7 Å². The molecule has 2 unspecified atom stereocenters. The molecule has 1 saturated carbocycles. The number of rotatable bonds is 5. The molecule has 26 heavy (non-hydrogen) atoms. The summed E-state index contributed by atoms with van der Waals surface area (Å²) >= 11 is 1.72. The first-order chi connectivity index (χ1) is 12.6. The molecule has 1 saturated heterocycles. The van der Waals surface area contributed by atoms with Crippen LogP contribution in [0.15, 0.2) is 24.3 Å². The van der Waals surface area contributed by atoms with Crippen LogP contribution in [0.5, 0.6) is 0 Å². The first kappa shape index (κ1) is 19.2. The van der Waals surface area contributed by atoms with Crippen LogP contribution in [0.1, 0.15) is 55.8 Å². The zero-order chi connectivity index (χ0) is 18.5. The van der Waals surface area contributed by atoms with Gasteiger partial charge in [-0.1, -0.05) is 26.2 Å². The lowest BCUT2D eigenvalue weighted by Gasteiger charge is -2.35. The lowest BCUT2D eigenvalue weighted by atomic mass is 9.88. The van der Waals surface area contributed by atoms with Gasteiger partial charge in [0.05, 0.1) is 5.37 Å². The number of nitrogens with zero attached hydrogens (tertiary/aromatic N) is 1. The van der Waals surface area contributed by atoms with E-state index < -0.39 is 6.04 Å². The van der Waals surface area contributed by atoms with Crippen LogP contribution in [-0.4, -0.2) is 40.4 Å². The van der Waals surface area contributed by atoms with Crippen molar-refractivity contribution in [1.82, 2.24) is 10.2 Å². The molecule has 1 aliphatic heterocycles. The van der Waals surface area contributed by atoms with Crippen molar-refractivity contribution >= 4 is 23.6 Å². The highest BCUT2D eigenvalue weighted by Gasteiger charge is 2.45. The van der Waals surface area contributed by atoms with E-state index in [0.717, 1.165) is 19.3 Å². The lowest BCUT2D eigenvalue weighted by molar-refractivity contribution is -0.125. The van der Waals surface area contributed by atoms with E-state index in [-0.39, 0.29) is 23.0 Å².